The summed E-state index contributed by atoms with van der Waals surface area (Å²) in [6, 6.07) is 7.90. The maximum atomic E-state index is 10.6. The van der Waals surface area contributed by atoms with Gasteiger partial charge in [-0.25, -0.2) is 0 Å². The van der Waals surface area contributed by atoms with Crippen molar-refractivity contribution in [1.29, 1.82) is 0 Å². The molecule has 0 saturated carbocycles. The van der Waals surface area contributed by atoms with Gasteiger partial charge in [0, 0.05) is 12.2 Å². The molecule has 0 radical (unpaired) electrons. The minimum absolute atomic E-state index is 0.525. The van der Waals surface area contributed by atoms with E-state index < -0.39 is 12.0 Å². The van der Waals surface area contributed by atoms with Crippen LogP contribution < -0.4 is 11.1 Å². The van der Waals surface area contributed by atoms with Gasteiger partial charge in [-0.1, -0.05) is 36.4 Å². The number of carbonyl (C=O) groups is 1. The molecule has 0 saturated heterocycles. The Morgan fingerprint density at radius 3 is 2.59 bits per heavy atom. The first kappa shape index (κ1) is 18.2. The van der Waals surface area contributed by atoms with Crippen LogP contribution in [-0.4, -0.2) is 23.7 Å². The summed E-state index contributed by atoms with van der Waals surface area (Å²) in [5.41, 5.74) is 9.15. The summed E-state index contributed by atoms with van der Waals surface area (Å²) in [4.78, 5) is 10.6. The van der Waals surface area contributed by atoms with Gasteiger partial charge in [0.05, 0.1) is 0 Å². The number of nitrogens with two attached hydrogens (primary N) is 1. The number of hydrogen-bond donors (Lipinski definition) is 3. The van der Waals surface area contributed by atoms with Crippen molar-refractivity contribution >= 4 is 5.97 Å². The molecule has 0 aromatic heterocycles. The van der Waals surface area contributed by atoms with Crippen molar-refractivity contribution in [3.8, 4) is 0 Å². The highest BCUT2D eigenvalue weighted by atomic mass is 16.4. The first-order chi connectivity index (χ1) is 10.5. The second kappa shape index (κ2) is 10.0. The van der Waals surface area contributed by atoms with E-state index in [0.717, 1.165) is 44.3 Å². The maximum Gasteiger partial charge on any atom is 0.320 e. The molecular formula is C18H28N2O2. The lowest BCUT2D eigenvalue weighted by molar-refractivity contribution is -0.138. The monoisotopic (exact) mass is 304 g/mol. The molecule has 4 heteroatoms. The molecule has 1 unspecified atom stereocenters. The molecular weight excluding hydrogens is 276 g/mol. The van der Waals surface area contributed by atoms with Crippen molar-refractivity contribution in [2.45, 2.75) is 51.5 Å². The summed E-state index contributed by atoms with van der Waals surface area (Å²) in [5.74, 6) is -0.923. The van der Waals surface area contributed by atoms with Crippen LogP contribution >= 0.6 is 0 Å². The highest BCUT2D eigenvalue weighted by Crippen LogP contribution is 2.09. The van der Waals surface area contributed by atoms with Crippen molar-refractivity contribution in [3.63, 3.8) is 0 Å². The molecule has 0 spiro atoms. The van der Waals surface area contributed by atoms with E-state index in [1.807, 2.05) is 0 Å². The summed E-state index contributed by atoms with van der Waals surface area (Å²) >= 11 is 0. The molecule has 4 N–H and O–H groups in total. The van der Waals surface area contributed by atoms with Gasteiger partial charge in [0.25, 0.3) is 0 Å². The third kappa shape index (κ3) is 7.84. The molecule has 1 aromatic rings. The van der Waals surface area contributed by atoms with Crippen LogP contribution in [0.1, 0.15) is 43.2 Å². The molecule has 0 aliphatic rings. The summed E-state index contributed by atoms with van der Waals surface area (Å²) in [6.07, 6.45) is 5.36. The Morgan fingerprint density at radius 2 is 1.95 bits per heavy atom. The zero-order valence-corrected chi connectivity index (χ0v) is 13.5. The lowest BCUT2D eigenvalue weighted by atomic mass is 10.1. The van der Waals surface area contributed by atoms with Gasteiger partial charge in [-0.05, 0) is 51.0 Å². The van der Waals surface area contributed by atoms with Gasteiger partial charge in [0.2, 0.25) is 0 Å². The minimum atomic E-state index is -0.923. The largest absolute Gasteiger partial charge is 0.480 e. The predicted molar refractivity (Wildman–Crippen MR) is 90.7 cm³/mol. The van der Waals surface area contributed by atoms with Crippen LogP contribution in [-0.2, 0) is 11.2 Å². The standard InChI is InChI=1S/C18H28N2O2/c1-14-9-11-16(12-10-14)7-5-6-15(2)20-13-4-3-8-17(19)18(21)22/h9-12,17,20H,2-8,13,19H2,1H3,(H,21,22). The molecule has 1 atom stereocenters. The third-order valence-corrected chi connectivity index (χ3v) is 3.70. The number of hydrogen-bond acceptors (Lipinski definition) is 3. The normalized spacial score (nSPS) is 11.9. The number of nitrogens with one attached hydrogen (secondary N) is 1. The van der Waals surface area contributed by atoms with Gasteiger partial charge in [0.15, 0.2) is 0 Å². The van der Waals surface area contributed by atoms with Crippen LogP contribution in [0.5, 0.6) is 0 Å². The molecule has 22 heavy (non-hydrogen) atoms. The van der Waals surface area contributed by atoms with Crippen molar-refractivity contribution in [3.05, 3.63) is 47.7 Å². The summed E-state index contributed by atoms with van der Waals surface area (Å²) < 4.78 is 0. The summed E-state index contributed by atoms with van der Waals surface area (Å²) in [7, 11) is 0. The molecule has 1 aromatic carbocycles. The van der Waals surface area contributed by atoms with Crippen LogP contribution in [0.4, 0.5) is 0 Å². The molecule has 0 fully saturated rings. The lowest BCUT2D eigenvalue weighted by Crippen LogP contribution is -2.30. The van der Waals surface area contributed by atoms with Gasteiger partial charge in [-0.15, -0.1) is 0 Å². The second-order valence-corrected chi connectivity index (χ2v) is 5.81. The van der Waals surface area contributed by atoms with Crippen LogP contribution in [0.3, 0.4) is 0 Å². The SMILES string of the molecule is C=C(CCCc1ccc(C)cc1)NCCCCC(N)C(=O)O. The molecule has 0 aliphatic heterocycles. The minimum Gasteiger partial charge on any atom is -0.480 e. The molecule has 1 rings (SSSR count). The highest BCUT2D eigenvalue weighted by molar-refractivity contribution is 5.72. The zero-order valence-electron chi connectivity index (χ0n) is 13.5. The van der Waals surface area contributed by atoms with E-state index in [1.54, 1.807) is 0 Å². The highest BCUT2D eigenvalue weighted by Gasteiger charge is 2.09. The number of carboxylic acids is 1. The van der Waals surface area contributed by atoms with E-state index >= 15 is 0 Å². The van der Waals surface area contributed by atoms with Crippen LogP contribution in [0.2, 0.25) is 0 Å². The van der Waals surface area contributed by atoms with E-state index in [0.29, 0.717) is 6.42 Å². The van der Waals surface area contributed by atoms with Gasteiger partial charge in [-0.3, -0.25) is 4.79 Å². The number of allylic oxidation sites excluding steroid dienone is 1. The van der Waals surface area contributed by atoms with Crippen molar-refractivity contribution in [2.24, 2.45) is 5.73 Å². The fraction of sp³-hybridized carbons (Fsp3) is 0.500. The van der Waals surface area contributed by atoms with Gasteiger partial charge in [-0.2, -0.15) is 0 Å². The van der Waals surface area contributed by atoms with E-state index in [-0.39, 0.29) is 0 Å². The average molecular weight is 304 g/mol. The van der Waals surface area contributed by atoms with Crippen molar-refractivity contribution in [1.82, 2.24) is 5.32 Å². The number of benzene rings is 1. The molecule has 122 valence electrons. The quantitative estimate of drug-likeness (QED) is 0.549. The third-order valence-electron chi connectivity index (χ3n) is 3.70. The van der Waals surface area contributed by atoms with Crippen LogP contribution in [0, 0.1) is 6.92 Å². The predicted octanol–water partition coefficient (Wildman–Crippen LogP) is 3.00. The van der Waals surface area contributed by atoms with E-state index in [2.05, 4.69) is 43.1 Å². The number of unbranched alkanes of at least 4 members (excludes halogenated alkanes) is 1. The van der Waals surface area contributed by atoms with Crippen LogP contribution in [0.15, 0.2) is 36.5 Å². The number of aryl methyl sites for hydroxylation is 2. The molecule has 0 aliphatic carbocycles. The van der Waals surface area contributed by atoms with E-state index in [9.17, 15) is 4.79 Å². The lowest BCUT2D eigenvalue weighted by Gasteiger charge is -2.10. The van der Waals surface area contributed by atoms with Crippen LogP contribution in [0.25, 0.3) is 0 Å². The second-order valence-electron chi connectivity index (χ2n) is 5.81. The molecule has 0 heterocycles. The first-order valence-electron chi connectivity index (χ1n) is 7.94. The van der Waals surface area contributed by atoms with Crippen molar-refractivity contribution in [2.75, 3.05) is 6.54 Å². The fourth-order valence-corrected chi connectivity index (χ4v) is 2.23. The number of aliphatic carboxylic acids is 1. The Bertz CT molecular complexity index is 468. The first-order valence-corrected chi connectivity index (χ1v) is 7.94. The Balaban J connectivity index is 2.04. The van der Waals surface area contributed by atoms with Gasteiger partial charge < -0.3 is 16.2 Å². The summed E-state index contributed by atoms with van der Waals surface area (Å²) in [6.45, 7) is 6.96. The molecule has 0 amide bonds. The Labute approximate surface area is 133 Å². The molecule has 0 bridgehead atoms. The molecule has 4 nitrogen and oxygen atoms in total. The smallest absolute Gasteiger partial charge is 0.320 e. The number of rotatable bonds is 11. The maximum absolute atomic E-state index is 10.6. The van der Waals surface area contributed by atoms with Gasteiger partial charge >= 0.3 is 5.97 Å². The van der Waals surface area contributed by atoms with E-state index in [4.69, 9.17) is 10.8 Å². The zero-order chi connectivity index (χ0) is 16.4. The Kier molecular flexibility index (Phi) is 8.30. The number of carboxylic acid groups (broad SMARTS) is 1. The topological polar surface area (TPSA) is 75.3 Å². The average Bonchev–Trinajstić information content (AvgIpc) is 2.48. The Morgan fingerprint density at radius 1 is 1.27 bits per heavy atom. The summed E-state index contributed by atoms with van der Waals surface area (Å²) in [5, 5.41) is 12.0. The fourth-order valence-electron chi connectivity index (χ4n) is 2.23. The Hall–Kier alpha value is -1.81. The van der Waals surface area contributed by atoms with Crippen molar-refractivity contribution < 1.29 is 9.90 Å². The van der Waals surface area contributed by atoms with Gasteiger partial charge in [0.1, 0.15) is 6.04 Å². The van der Waals surface area contributed by atoms with E-state index in [1.165, 1.54) is 11.1 Å².